The van der Waals surface area contributed by atoms with Gasteiger partial charge in [0.15, 0.2) is 0 Å². The lowest BCUT2D eigenvalue weighted by atomic mass is 10.1. The summed E-state index contributed by atoms with van der Waals surface area (Å²) in [5.74, 6) is 0.530. The minimum absolute atomic E-state index is 0.340. The first-order valence-corrected chi connectivity index (χ1v) is 4.84. The summed E-state index contributed by atoms with van der Waals surface area (Å²) in [5, 5.41) is 0.750. The van der Waals surface area contributed by atoms with Gasteiger partial charge in [-0.2, -0.15) is 0 Å². The van der Waals surface area contributed by atoms with Crippen LogP contribution in [0.5, 0.6) is 0 Å². The van der Waals surface area contributed by atoms with Crippen molar-refractivity contribution in [1.82, 2.24) is 0 Å². The van der Waals surface area contributed by atoms with Crippen molar-refractivity contribution >= 4 is 11.6 Å². The van der Waals surface area contributed by atoms with Gasteiger partial charge < -0.3 is 11.5 Å². The van der Waals surface area contributed by atoms with Gasteiger partial charge in [-0.1, -0.05) is 23.7 Å². The van der Waals surface area contributed by atoms with Crippen molar-refractivity contribution in [2.24, 2.45) is 11.5 Å². The highest BCUT2D eigenvalue weighted by Gasteiger charge is 2.34. The largest absolute Gasteiger partial charge is 0.327 e. The Bertz CT molecular complexity index is 325. The number of benzene rings is 1. The SMILES string of the molecule is NCc1cc([C@@H]2C[C@H]2N)ccc1Cl. The number of halogens is 1. The summed E-state index contributed by atoms with van der Waals surface area (Å²) in [4.78, 5) is 0. The zero-order valence-corrected chi connectivity index (χ0v) is 8.09. The van der Waals surface area contributed by atoms with Gasteiger partial charge in [0.2, 0.25) is 0 Å². The molecule has 3 heteroatoms. The molecule has 0 unspecified atom stereocenters. The van der Waals surface area contributed by atoms with Gasteiger partial charge in [0.1, 0.15) is 0 Å². The van der Waals surface area contributed by atoms with Gasteiger partial charge in [0, 0.05) is 23.5 Å². The van der Waals surface area contributed by atoms with Crippen LogP contribution in [0.25, 0.3) is 0 Å². The topological polar surface area (TPSA) is 52.0 Å². The van der Waals surface area contributed by atoms with Gasteiger partial charge in [-0.15, -0.1) is 0 Å². The molecule has 0 aliphatic heterocycles. The van der Waals surface area contributed by atoms with E-state index in [1.165, 1.54) is 5.56 Å². The summed E-state index contributed by atoms with van der Waals surface area (Å²) in [7, 11) is 0. The summed E-state index contributed by atoms with van der Waals surface area (Å²) < 4.78 is 0. The summed E-state index contributed by atoms with van der Waals surface area (Å²) in [5.41, 5.74) is 13.6. The van der Waals surface area contributed by atoms with Crippen LogP contribution in [0.1, 0.15) is 23.5 Å². The average molecular weight is 197 g/mol. The first kappa shape index (κ1) is 9.00. The standard InChI is InChI=1S/C10H13ClN2/c11-9-2-1-6(3-7(9)5-12)8-4-10(8)13/h1-3,8,10H,4-5,12-13H2/t8-,10+/m0/s1. The minimum Gasteiger partial charge on any atom is -0.327 e. The van der Waals surface area contributed by atoms with E-state index in [-0.39, 0.29) is 0 Å². The Balaban J connectivity index is 2.28. The predicted octanol–water partition coefficient (Wildman–Crippen LogP) is 1.61. The molecule has 1 saturated carbocycles. The molecule has 1 aliphatic carbocycles. The molecular weight excluding hydrogens is 184 g/mol. The van der Waals surface area contributed by atoms with Gasteiger partial charge in [0.25, 0.3) is 0 Å². The average Bonchev–Trinajstić information content (AvgIpc) is 2.84. The van der Waals surface area contributed by atoms with Crippen molar-refractivity contribution in [3.8, 4) is 0 Å². The predicted molar refractivity (Wildman–Crippen MR) is 54.7 cm³/mol. The number of nitrogens with two attached hydrogens (primary N) is 2. The molecule has 0 amide bonds. The smallest absolute Gasteiger partial charge is 0.0451 e. The Morgan fingerprint density at radius 1 is 1.46 bits per heavy atom. The zero-order chi connectivity index (χ0) is 9.42. The van der Waals surface area contributed by atoms with Crippen molar-refractivity contribution in [2.75, 3.05) is 0 Å². The minimum atomic E-state index is 0.340. The third-order valence-corrected chi connectivity index (χ3v) is 2.93. The van der Waals surface area contributed by atoms with Crippen molar-refractivity contribution in [1.29, 1.82) is 0 Å². The number of rotatable bonds is 2. The molecule has 1 aliphatic rings. The molecule has 13 heavy (non-hydrogen) atoms. The quantitative estimate of drug-likeness (QED) is 0.755. The Hall–Kier alpha value is -0.570. The molecule has 0 radical (unpaired) electrons. The van der Waals surface area contributed by atoms with Crippen LogP contribution < -0.4 is 11.5 Å². The second-order valence-corrected chi connectivity index (χ2v) is 3.97. The molecule has 4 N–H and O–H groups in total. The molecule has 1 fully saturated rings. The van der Waals surface area contributed by atoms with Gasteiger partial charge >= 0.3 is 0 Å². The molecular formula is C10H13ClN2. The molecule has 0 saturated heterocycles. The van der Waals surface area contributed by atoms with Crippen LogP contribution >= 0.6 is 11.6 Å². The van der Waals surface area contributed by atoms with Gasteiger partial charge in [-0.25, -0.2) is 0 Å². The lowest BCUT2D eigenvalue weighted by Gasteiger charge is -2.04. The van der Waals surface area contributed by atoms with Gasteiger partial charge in [-0.05, 0) is 23.6 Å². The molecule has 2 atom stereocenters. The van der Waals surface area contributed by atoms with Crippen molar-refractivity contribution < 1.29 is 0 Å². The second-order valence-electron chi connectivity index (χ2n) is 3.56. The van der Waals surface area contributed by atoms with Crippen molar-refractivity contribution in [3.63, 3.8) is 0 Å². The van der Waals surface area contributed by atoms with Gasteiger partial charge in [-0.3, -0.25) is 0 Å². The Morgan fingerprint density at radius 2 is 2.15 bits per heavy atom. The Morgan fingerprint density at radius 3 is 2.69 bits per heavy atom. The van der Waals surface area contributed by atoms with E-state index in [0.717, 1.165) is 17.0 Å². The summed E-state index contributed by atoms with van der Waals surface area (Å²) >= 11 is 5.95. The van der Waals surface area contributed by atoms with E-state index in [0.29, 0.717) is 18.5 Å². The van der Waals surface area contributed by atoms with E-state index in [1.54, 1.807) is 0 Å². The monoisotopic (exact) mass is 196 g/mol. The maximum atomic E-state index is 5.95. The normalized spacial score (nSPS) is 26.1. The first-order valence-electron chi connectivity index (χ1n) is 4.46. The van der Waals surface area contributed by atoms with Crippen molar-refractivity contribution in [2.45, 2.75) is 24.9 Å². The van der Waals surface area contributed by atoms with Crippen LogP contribution in [0.4, 0.5) is 0 Å². The summed E-state index contributed by atoms with van der Waals surface area (Å²) in [6.07, 6.45) is 1.09. The van der Waals surface area contributed by atoms with Crippen LogP contribution in [-0.4, -0.2) is 6.04 Å². The Labute approximate surface area is 82.9 Å². The second kappa shape index (κ2) is 3.29. The highest BCUT2D eigenvalue weighted by molar-refractivity contribution is 6.31. The fourth-order valence-electron chi connectivity index (χ4n) is 1.58. The third-order valence-electron chi connectivity index (χ3n) is 2.56. The van der Waals surface area contributed by atoms with Crippen molar-refractivity contribution in [3.05, 3.63) is 34.3 Å². The Kier molecular flexibility index (Phi) is 2.28. The summed E-state index contributed by atoms with van der Waals surface area (Å²) in [6, 6.07) is 6.36. The molecule has 1 aromatic rings. The van der Waals surface area contributed by atoms with E-state index in [9.17, 15) is 0 Å². The summed E-state index contributed by atoms with van der Waals surface area (Å²) in [6.45, 7) is 0.495. The van der Waals surface area contributed by atoms with E-state index in [1.807, 2.05) is 12.1 Å². The molecule has 2 nitrogen and oxygen atoms in total. The van der Waals surface area contributed by atoms with Crippen LogP contribution in [0, 0.1) is 0 Å². The fraction of sp³-hybridized carbons (Fsp3) is 0.400. The molecule has 1 aromatic carbocycles. The zero-order valence-electron chi connectivity index (χ0n) is 7.33. The lowest BCUT2D eigenvalue weighted by Crippen LogP contribution is -2.02. The van der Waals surface area contributed by atoms with Crippen LogP contribution in [0.3, 0.4) is 0 Å². The maximum absolute atomic E-state index is 5.95. The highest BCUT2D eigenvalue weighted by Crippen LogP contribution is 2.39. The maximum Gasteiger partial charge on any atom is 0.0451 e. The molecule has 0 spiro atoms. The van der Waals surface area contributed by atoms with E-state index in [2.05, 4.69) is 6.07 Å². The van der Waals surface area contributed by atoms with Crippen LogP contribution in [-0.2, 0) is 6.54 Å². The van der Waals surface area contributed by atoms with Crippen LogP contribution in [0.2, 0.25) is 5.02 Å². The van der Waals surface area contributed by atoms with Gasteiger partial charge in [0.05, 0.1) is 0 Å². The molecule has 2 rings (SSSR count). The molecule has 0 aromatic heterocycles. The first-order chi connectivity index (χ1) is 6.22. The highest BCUT2D eigenvalue weighted by atomic mass is 35.5. The number of hydrogen-bond donors (Lipinski definition) is 2. The molecule has 0 heterocycles. The molecule has 0 bridgehead atoms. The van der Waals surface area contributed by atoms with E-state index < -0.39 is 0 Å². The molecule has 70 valence electrons. The fourth-order valence-corrected chi connectivity index (χ4v) is 1.77. The lowest BCUT2D eigenvalue weighted by molar-refractivity contribution is 0.979. The van der Waals surface area contributed by atoms with Crippen LogP contribution in [0.15, 0.2) is 18.2 Å². The number of hydrogen-bond acceptors (Lipinski definition) is 2. The third kappa shape index (κ3) is 1.70. The van der Waals surface area contributed by atoms with E-state index in [4.69, 9.17) is 23.1 Å². The van der Waals surface area contributed by atoms with E-state index >= 15 is 0 Å².